The number of aliphatic carboxylic acids is 2. The predicted molar refractivity (Wildman–Crippen MR) is 181 cm³/mol. The van der Waals surface area contributed by atoms with Crippen LogP contribution in [0.2, 0.25) is 0 Å². The van der Waals surface area contributed by atoms with E-state index in [9.17, 15) is 19.8 Å². The smallest absolute Gasteiger partial charge is 0.309 e. The van der Waals surface area contributed by atoms with Gasteiger partial charge in [0.1, 0.15) is 0 Å². The van der Waals surface area contributed by atoms with Gasteiger partial charge in [-0.2, -0.15) is 10.2 Å². The maximum Gasteiger partial charge on any atom is 0.309 e. The second kappa shape index (κ2) is 9.49. The van der Waals surface area contributed by atoms with E-state index in [1.54, 1.807) is 0 Å². The van der Waals surface area contributed by atoms with Gasteiger partial charge >= 0.3 is 11.9 Å². The number of fused-ring (bicyclic) bond motifs is 6. The fraction of sp³-hybridized carbons (Fsp3) is 0.900. The highest BCUT2D eigenvalue weighted by Crippen LogP contribution is 2.75. The van der Waals surface area contributed by atoms with E-state index in [4.69, 9.17) is 10.2 Å². The van der Waals surface area contributed by atoms with Crippen LogP contribution < -0.4 is 0 Å². The third-order valence-electron chi connectivity index (χ3n) is 18.0. The van der Waals surface area contributed by atoms with Gasteiger partial charge in [0.2, 0.25) is 0 Å². The van der Waals surface area contributed by atoms with Crippen molar-refractivity contribution in [1.82, 2.24) is 0 Å². The summed E-state index contributed by atoms with van der Waals surface area (Å²) in [5, 5.41) is 31.3. The molecular weight excluding hydrogens is 572 g/mol. The summed E-state index contributed by atoms with van der Waals surface area (Å²) in [4.78, 5) is 25.2. The molecule has 4 bridgehead atoms. The van der Waals surface area contributed by atoms with Crippen molar-refractivity contribution >= 4 is 23.4 Å². The molecule has 0 saturated heterocycles. The third kappa shape index (κ3) is 3.82. The molecule has 8 fully saturated rings. The molecule has 6 heteroatoms. The summed E-state index contributed by atoms with van der Waals surface area (Å²) in [6.07, 6.45) is 19.6. The monoisotopic (exact) mass is 632 g/mol. The zero-order valence-corrected chi connectivity index (χ0v) is 29.6. The van der Waals surface area contributed by atoms with Crippen LogP contribution in [0, 0.1) is 67.0 Å². The van der Waals surface area contributed by atoms with Crippen LogP contribution in [-0.4, -0.2) is 33.6 Å². The van der Waals surface area contributed by atoms with Crippen LogP contribution in [0.5, 0.6) is 0 Å². The van der Waals surface area contributed by atoms with Crippen LogP contribution >= 0.6 is 0 Å². The first kappa shape index (κ1) is 31.5. The molecule has 8 saturated carbocycles. The Bertz CT molecular complexity index is 1330. The molecule has 0 unspecified atom stereocenters. The predicted octanol–water partition coefficient (Wildman–Crippen LogP) is 9.56. The summed E-state index contributed by atoms with van der Waals surface area (Å²) in [6.45, 7) is 14.0. The first-order chi connectivity index (χ1) is 21.5. The molecule has 0 aromatic carbocycles. The number of nitrogens with zero attached hydrogens (tertiary/aromatic N) is 2. The minimum atomic E-state index is -0.593. The molecule has 2 N–H and O–H groups in total. The Morgan fingerprint density at radius 1 is 0.543 bits per heavy atom. The normalized spacial score (nSPS) is 57.3. The molecule has 6 nitrogen and oxygen atoms in total. The summed E-state index contributed by atoms with van der Waals surface area (Å²) in [6, 6.07) is 0. The van der Waals surface area contributed by atoms with Gasteiger partial charge in [0.05, 0.1) is 10.8 Å². The molecule has 8 rings (SSSR count). The van der Waals surface area contributed by atoms with E-state index in [-0.39, 0.29) is 44.3 Å². The molecule has 2 spiro atoms. The zero-order chi connectivity index (χ0) is 32.8. The maximum atomic E-state index is 12.6. The fourth-order valence-corrected chi connectivity index (χ4v) is 16.0. The van der Waals surface area contributed by atoms with Crippen molar-refractivity contribution < 1.29 is 19.8 Å². The SMILES string of the molecule is C[C@@]12CC[C@@H]3[C@@](CC[C@H]4[C@@]3(C)CCC[C@@]4(C)C(=O)O)(C/C1=N\N=C1/C[C@]34CC[C@H]5[C@@](C)(CCC[C@@]5(C)C(=O)O)[C@@H]3CC[C@@]1(C)C4)C2. The first-order valence-electron chi connectivity index (χ1n) is 19.1. The summed E-state index contributed by atoms with van der Waals surface area (Å²) >= 11 is 0. The van der Waals surface area contributed by atoms with Crippen molar-refractivity contribution in [3.05, 3.63) is 0 Å². The van der Waals surface area contributed by atoms with Gasteiger partial charge in [-0.25, -0.2) is 0 Å². The van der Waals surface area contributed by atoms with Crippen LogP contribution in [0.25, 0.3) is 0 Å². The molecule has 0 amide bonds. The van der Waals surface area contributed by atoms with Crippen LogP contribution in [-0.2, 0) is 9.59 Å². The van der Waals surface area contributed by atoms with Gasteiger partial charge in [0, 0.05) is 22.3 Å². The van der Waals surface area contributed by atoms with Crippen LogP contribution in [0.4, 0.5) is 0 Å². The van der Waals surface area contributed by atoms with E-state index in [1.165, 1.54) is 49.9 Å². The molecule has 12 atom stereocenters. The Morgan fingerprint density at radius 3 is 1.28 bits per heavy atom. The van der Waals surface area contributed by atoms with Crippen molar-refractivity contribution in [3.63, 3.8) is 0 Å². The van der Waals surface area contributed by atoms with Gasteiger partial charge in [0.25, 0.3) is 0 Å². The third-order valence-corrected chi connectivity index (χ3v) is 18.0. The van der Waals surface area contributed by atoms with Gasteiger partial charge < -0.3 is 10.2 Å². The van der Waals surface area contributed by atoms with Crippen molar-refractivity contribution in [1.29, 1.82) is 0 Å². The fourth-order valence-electron chi connectivity index (χ4n) is 16.0. The number of carboxylic acid groups (broad SMARTS) is 2. The average Bonchev–Trinajstić information content (AvgIpc) is 3.31. The lowest BCUT2D eigenvalue weighted by Crippen LogP contribution is -2.58. The minimum absolute atomic E-state index is 0.0985. The number of carbonyl (C=O) groups is 2. The molecule has 8 aliphatic carbocycles. The summed E-state index contributed by atoms with van der Waals surface area (Å²) in [7, 11) is 0. The van der Waals surface area contributed by atoms with E-state index in [0.717, 1.165) is 77.0 Å². The molecular formula is C40H60N2O4. The Kier molecular flexibility index (Phi) is 6.51. The topological polar surface area (TPSA) is 99.3 Å². The Labute approximate surface area is 277 Å². The minimum Gasteiger partial charge on any atom is -0.481 e. The van der Waals surface area contributed by atoms with Crippen molar-refractivity contribution in [2.75, 3.05) is 0 Å². The van der Waals surface area contributed by atoms with Gasteiger partial charge in [-0.05, 0) is 162 Å². The summed E-state index contributed by atoms with van der Waals surface area (Å²) in [5.41, 5.74) is 2.39. The van der Waals surface area contributed by atoms with Gasteiger partial charge in [0.15, 0.2) is 0 Å². The number of rotatable bonds is 3. The van der Waals surface area contributed by atoms with Gasteiger partial charge in [-0.3, -0.25) is 9.59 Å². The Balaban J connectivity index is 1.08. The molecule has 0 radical (unpaired) electrons. The van der Waals surface area contributed by atoms with E-state index in [2.05, 4.69) is 27.7 Å². The number of carboxylic acids is 2. The van der Waals surface area contributed by atoms with Gasteiger partial charge in [-0.15, -0.1) is 0 Å². The highest BCUT2D eigenvalue weighted by atomic mass is 16.4. The number of hydrogen-bond donors (Lipinski definition) is 2. The van der Waals surface area contributed by atoms with Crippen molar-refractivity contribution in [2.24, 2.45) is 77.2 Å². The molecule has 46 heavy (non-hydrogen) atoms. The zero-order valence-electron chi connectivity index (χ0n) is 29.6. The molecule has 8 aliphatic rings. The highest BCUT2D eigenvalue weighted by molar-refractivity contribution is 5.96. The lowest BCUT2D eigenvalue weighted by atomic mass is 9.40. The Hall–Kier alpha value is -1.72. The van der Waals surface area contributed by atoms with E-state index < -0.39 is 22.8 Å². The molecule has 0 aromatic heterocycles. The van der Waals surface area contributed by atoms with Crippen molar-refractivity contribution in [2.45, 2.75) is 157 Å². The quantitative estimate of drug-likeness (QED) is 0.303. The average molecular weight is 633 g/mol. The van der Waals surface area contributed by atoms with Crippen LogP contribution in [0.3, 0.4) is 0 Å². The van der Waals surface area contributed by atoms with E-state index in [0.29, 0.717) is 11.8 Å². The summed E-state index contributed by atoms with van der Waals surface area (Å²) < 4.78 is 0. The van der Waals surface area contributed by atoms with Crippen molar-refractivity contribution in [3.8, 4) is 0 Å². The number of hydrogen-bond acceptors (Lipinski definition) is 4. The first-order valence-corrected chi connectivity index (χ1v) is 19.1. The highest BCUT2D eigenvalue weighted by Gasteiger charge is 2.69. The van der Waals surface area contributed by atoms with E-state index >= 15 is 0 Å². The maximum absolute atomic E-state index is 12.6. The molecule has 0 aromatic rings. The Morgan fingerprint density at radius 2 is 0.913 bits per heavy atom. The molecule has 0 aliphatic heterocycles. The van der Waals surface area contributed by atoms with Crippen LogP contribution in [0.15, 0.2) is 10.2 Å². The lowest BCUT2D eigenvalue weighted by Gasteiger charge is -2.63. The lowest BCUT2D eigenvalue weighted by molar-refractivity contribution is -0.183. The molecule has 254 valence electrons. The van der Waals surface area contributed by atoms with Gasteiger partial charge in [-0.1, -0.05) is 40.5 Å². The standard InChI is InChI=1S/C40H60N2O4/c1-33-17-9-27-35(3)13-7-15-37(5,31(43)44)25(35)11-19-39(27,23-33)21-29(33)41-42-30-22-40-20-12-26-36(4,14-8-16-38(26,6)32(45)46)28(40)10-18-34(30,2)24-40/h25-28H,7-24H2,1-6H3,(H,43,44)(H,45,46)/b41-29+,42-30+/t25-,26-,27-,28-,33-,34-,35+,36+,37+,38+,39-,40-/m0/s1. The summed E-state index contributed by atoms with van der Waals surface area (Å²) in [5.74, 6) is 0.541. The second-order valence-corrected chi connectivity index (χ2v) is 20.2. The second-order valence-electron chi connectivity index (χ2n) is 20.2. The molecule has 0 heterocycles. The van der Waals surface area contributed by atoms with E-state index in [1.807, 2.05) is 13.8 Å². The van der Waals surface area contributed by atoms with Crippen LogP contribution in [0.1, 0.15) is 157 Å². The largest absolute Gasteiger partial charge is 0.481 e.